The molecule has 0 aliphatic carbocycles. The first-order valence-electron chi connectivity index (χ1n) is 5.84. The van der Waals surface area contributed by atoms with E-state index in [2.05, 4.69) is 10.5 Å². The maximum Gasteiger partial charge on any atom is 0.271 e. The van der Waals surface area contributed by atoms with Crippen LogP contribution >= 0.6 is 0 Å². The molecule has 19 heavy (non-hydrogen) atoms. The Bertz CT molecular complexity index is 621. The summed E-state index contributed by atoms with van der Waals surface area (Å²) in [6, 6.07) is 13.9. The van der Waals surface area contributed by atoms with Crippen molar-refractivity contribution in [2.24, 2.45) is 5.10 Å². The first-order valence-corrected chi connectivity index (χ1v) is 5.84. The van der Waals surface area contributed by atoms with Crippen LogP contribution in [0.5, 0.6) is 5.75 Å². The van der Waals surface area contributed by atoms with Gasteiger partial charge in [0.25, 0.3) is 5.91 Å². The van der Waals surface area contributed by atoms with Crippen LogP contribution in [-0.4, -0.2) is 17.2 Å². The minimum atomic E-state index is -0.264. The van der Waals surface area contributed by atoms with E-state index in [0.29, 0.717) is 11.1 Å². The number of hydrazone groups is 1. The summed E-state index contributed by atoms with van der Waals surface area (Å²) in [4.78, 5) is 11.8. The van der Waals surface area contributed by atoms with Gasteiger partial charge in [-0.1, -0.05) is 29.8 Å². The lowest BCUT2D eigenvalue weighted by Gasteiger charge is -2.00. The maximum atomic E-state index is 11.8. The summed E-state index contributed by atoms with van der Waals surface area (Å²) in [5.74, 6) is -0.103. The second-order valence-electron chi connectivity index (χ2n) is 4.16. The van der Waals surface area contributed by atoms with Crippen LogP contribution in [0.15, 0.2) is 53.6 Å². The van der Waals surface area contributed by atoms with Crippen LogP contribution < -0.4 is 5.43 Å². The van der Waals surface area contributed by atoms with Gasteiger partial charge in [0.15, 0.2) is 0 Å². The van der Waals surface area contributed by atoms with Crippen LogP contribution in [0, 0.1) is 6.92 Å². The van der Waals surface area contributed by atoms with Gasteiger partial charge in [0.05, 0.1) is 6.21 Å². The van der Waals surface area contributed by atoms with E-state index in [1.165, 1.54) is 6.21 Å². The lowest BCUT2D eigenvalue weighted by Crippen LogP contribution is -2.17. The lowest BCUT2D eigenvalue weighted by molar-refractivity contribution is 0.0955. The van der Waals surface area contributed by atoms with Gasteiger partial charge in [0.1, 0.15) is 5.75 Å². The summed E-state index contributed by atoms with van der Waals surface area (Å²) >= 11 is 0. The van der Waals surface area contributed by atoms with Crippen LogP contribution in [0.25, 0.3) is 0 Å². The molecule has 2 aromatic carbocycles. The number of carbonyl (C=O) groups excluding carboxylic acids is 1. The predicted molar refractivity (Wildman–Crippen MR) is 74.3 cm³/mol. The Hall–Kier alpha value is -2.62. The monoisotopic (exact) mass is 254 g/mol. The van der Waals surface area contributed by atoms with Crippen molar-refractivity contribution in [2.45, 2.75) is 6.92 Å². The first-order chi connectivity index (χ1) is 9.15. The van der Waals surface area contributed by atoms with E-state index in [9.17, 15) is 9.90 Å². The number of phenols is 1. The second-order valence-corrected chi connectivity index (χ2v) is 4.16. The number of nitrogens with zero attached hydrogens (tertiary/aromatic N) is 1. The number of nitrogens with one attached hydrogen (secondary N) is 1. The minimum Gasteiger partial charge on any atom is -0.508 e. The number of hydrogen-bond donors (Lipinski definition) is 2. The van der Waals surface area contributed by atoms with Crippen LogP contribution in [0.1, 0.15) is 21.5 Å². The molecule has 2 N–H and O–H groups in total. The average Bonchev–Trinajstić information content (AvgIpc) is 2.38. The first kappa shape index (κ1) is 12.8. The molecule has 4 heteroatoms. The van der Waals surface area contributed by atoms with Crippen molar-refractivity contribution in [3.8, 4) is 5.75 Å². The molecule has 0 aliphatic rings. The Morgan fingerprint density at radius 2 is 2.00 bits per heavy atom. The van der Waals surface area contributed by atoms with Crippen molar-refractivity contribution in [1.29, 1.82) is 0 Å². The molecule has 0 unspecified atom stereocenters. The summed E-state index contributed by atoms with van der Waals surface area (Å²) in [7, 11) is 0. The molecular weight excluding hydrogens is 240 g/mol. The minimum absolute atomic E-state index is 0.161. The SMILES string of the molecule is Cc1cccc(C(=O)N/N=C/c2cccc(O)c2)c1. The fraction of sp³-hybridized carbons (Fsp3) is 0.0667. The molecule has 0 fully saturated rings. The van der Waals surface area contributed by atoms with Gasteiger partial charge < -0.3 is 5.11 Å². The van der Waals surface area contributed by atoms with Gasteiger partial charge in [-0.15, -0.1) is 0 Å². The van der Waals surface area contributed by atoms with Gasteiger partial charge >= 0.3 is 0 Å². The molecule has 0 saturated heterocycles. The van der Waals surface area contributed by atoms with Crippen molar-refractivity contribution in [3.05, 3.63) is 65.2 Å². The van der Waals surface area contributed by atoms with E-state index < -0.39 is 0 Å². The van der Waals surface area contributed by atoms with E-state index in [4.69, 9.17) is 0 Å². The molecular formula is C15H14N2O2. The van der Waals surface area contributed by atoms with E-state index in [-0.39, 0.29) is 11.7 Å². The molecule has 2 aromatic rings. The molecule has 1 amide bonds. The second kappa shape index (κ2) is 5.82. The van der Waals surface area contributed by atoms with Crippen LogP contribution in [0.2, 0.25) is 0 Å². The fourth-order valence-electron chi connectivity index (χ4n) is 1.62. The zero-order chi connectivity index (χ0) is 13.7. The Kier molecular flexibility index (Phi) is 3.93. The van der Waals surface area contributed by atoms with Crippen LogP contribution in [0.4, 0.5) is 0 Å². The molecule has 0 atom stereocenters. The maximum absolute atomic E-state index is 11.8. The highest BCUT2D eigenvalue weighted by Gasteiger charge is 2.03. The van der Waals surface area contributed by atoms with E-state index in [0.717, 1.165) is 5.56 Å². The average molecular weight is 254 g/mol. The molecule has 2 rings (SSSR count). The number of rotatable bonds is 3. The topological polar surface area (TPSA) is 61.7 Å². The molecule has 0 aromatic heterocycles. The fourth-order valence-corrected chi connectivity index (χ4v) is 1.62. The quantitative estimate of drug-likeness (QED) is 0.653. The van der Waals surface area contributed by atoms with Crippen LogP contribution in [0.3, 0.4) is 0 Å². The third-order valence-electron chi connectivity index (χ3n) is 2.53. The van der Waals surface area contributed by atoms with Gasteiger partial charge in [-0.25, -0.2) is 5.43 Å². The van der Waals surface area contributed by atoms with Gasteiger partial charge in [0, 0.05) is 5.56 Å². The Labute approximate surface area is 111 Å². The largest absolute Gasteiger partial charge is 0.508 e. The molecule has 0 aliphatic heterocycles. The zero-order valence-electron chi connectivity index (χ0n) is 10.5. The van der Waals surface area contributed by atoms with Crippen molar-refractivity contribution < 1.29 is 9.90 Å². The van der Waals surface area contributed by atoms with Gasteiger partial charge in [-0.05, 0) is 36.8 Å². The highest BCUT2D eigenvalue weighted by atomic mass is 16.3. The van der Waals surface area contributed by atoms with Crippen molar-refractivity contribution >= 4 is 12.1 Å². The molecule has 0 heterocycles. The Morgan fingerprint density at radius 1 is 1.21 bits per heavy atom. The Balaban J connectivity index is 2.01. The zero-order valence-corrected chi connectivity index (χ0v) is 10.5. The standard InChI is InChI=1S/C15H14N2O2/c1-11-4-2-6-13(8-11)15(19)17-16-10-12-5-3-7-14(18)9-12/h2-10,18H,1H3,(H,17,19)/b16-10+. The highest BCUT2D eigenvalue weighted by Crippen LogP contribution is 2.08. The lowest BCUT2D eigenvalue weighted by atomic mass is 10.1. The van der Waals surface area contributed by atoms with Crippen molar-refractivity contribution in [2.75, 3.05) is 0 Å². The Morgan fingerprint density at radius 3 is 2.74 bits per heavy atom. The van der Waals surface area contributed by atoms with E-state index in [1.54, 1.807) is 36.4 Å². The number of aryl methyl sites for hydroxylation is 1. The number of benzene rings is 2. The summed E-state index contributed by atoms with van der Waals surface area (Å²) in [5.41, 5.74) is 4.74. The van der Waals surface area contributed by atoms with Gasteiger partial charge in [-0.3, -0.25) is 4.79 Å². The van der Waals surface area contributed by atoms with Crippen molar-refractivity contribution in [3.63, 3.8) is 0 Å². The normalized spacial score (nSPS) is 10.6. The molecule has 0 saturated carbocycles. The van der Waals surface area contributed by atoms with E-state index >= 15 is 0 Å². The van der Waals surface area contributed by atoms with Crippen LogP contribution in [-0.2, 0) is 0 Å². The van der Waals surface area contributed by atoms with Gasteiger partial charge in [0.2, 0.25) is 0 Å². The number of hydrogen-bond acceptors (Lipinski definition) is 3. The molecule has 96 valence electrons. The molecule has 0 radical (unpaired) electrons. The highest BCUT2D eigenvalue weighted by molar-refractivity contribution is 5.95. The molecule has 4 nitrogen and oxygen atoms in total. The summed E-state index contributed by atoms with van der Waals surface area (Å²) < 4.78 is 0. The van der Waals surface area contributed by atoms with Gasteiger partial charge in [-0.2, -0.15) is 5.10 Å². The number of amides is 1. The number of aromatic hydroxyl groups is 1. The molecule has 0 bridgehead atoms. The number of phenolic OH excluding ortho intramolecular Hbond substituents is 1. The van der Waals surface area contributed by atoms with E-state index in [1.807, 2.05) is 19.1 Å². The summed E-state index contributed by atoms with van der Waals surface area (Å²) in [6.07, 6.45) is 1.48. The third kappa shape index (κ3) is 3.67. The smallest absolute Gasteiger partial charge is 0.271 e. The van der Waals surface area contributed by atoms with Crippen molar-refractivity contribution in [1.82, 2.24) is 5.43 Å². The predicted octanol–water partition coefficient (Wildman–Crippen LogP) is 2.46. The number of carbonyl (C=O) groups is 1. The molecule has 0 spiro atoms. The summed E-state index contributed by atoms with van der Waals surface area (Å²) in [6.45, 7) is 1.92. The third-order valence-corrected chi connectivity index (χ3v) is 2.53. The summed E-state index contributed by atoms with van der Waals surface area (Å²) in [5, 5.41) is 13.1.